The molecule has 6 aromatic rings. The fraction of sp³-hybridized carbons (Fsp3) is 0.556. The molecule has 8 bridgehead atoms. The first-order chi connectivity index (χ1) is 59.0. The first-order valence-electron chi connectivity index (χ1n) is 39.2. The fourth-order valence-corrected chi connectivity index (χ4v) is 24.8. The summed E-state index contributed by atoms with van der Waals surface area (Å²) in [4.78, 5) is 69.4. The highest BCUT2D eigenvalue weighted by Gasteiger charge is 2.52. The van der Waals surface area contributed by atoms with Gasteiger partial charge in [-0.1, -0.05) is 12.1 Å². The van der Waals surface area contributed by atoms with Crippen molar-refractivity contribution in [2.75, 3.05) is 210 Å². The normalized spacial score (nSPS) is 25.0. The largest absolute Gasteiger partial charge is 0.809 e. The van der Waals surface area contributed by atoms with Crippen LogP contribution < -0.4 is 58.5 Å². The van der Waals surface area contributed by atoms with Crippen LogP contribution in [0.3, 0.4) is 0 Å². The molecule has 712 valence electrons. The minimum absolute atomic E-state index is 0.197. The van der Waals surface area contributed by atoms with Gasteiger partial charge in [0.05, 0.1) is 48.9 Å². The molecule has 12 saturated heterocycles. The standard InChI is InChI=1S/2C33H43FN6O6PS2.2C2HF3O2.2CHF3O3S/c2*34-30-23-26(2-3-27(30)25-35)33(47(41,42)43)36-49(44,45)32-24-28-22-29(4-5-31(28)48-32)46-21-20-40-17-14-39(15-18-40,16-19-40)10-1-9-38-11-6-37(7-12-38)8-13-38;2*3-2(4,5)1(6)7;2*2-1(3,4)8(5,6)7/h2*2-5,22-24,33,36H,1,6-21H2;2*(H,6,7);2*(H,5,6,7)/q2*+1;;;;/p-2. The Labute approximate surface area is 733 Å². The summed E-state index contributed by atoms with van der Waals surface area (Å²) in [5.41, 5.74) is -12.8. The number of quaternary nitrogens is 8. The van der Waals surface area contributed by atoms with Crippen LogP contribution in [0.5, 0.6) is 11.5 Å². The van der Waals surface area contributed by atoms with Crippen LogP contribution >= 0.6 is 37.9 Å². The molecule has 12 aliphatic rings. The van der Waals surface area contributed by atoms with Crippen LogP contribution in [0.2, 0.25) is 0 Å². The Hall–Kier alpha value is -7.04. The third-order valence-corrected chi connectivity index (χ3v) is 34.3. The minimum atomic E-state index is -6.09. The molecular weight excluding hydrogens is 1910 g/mol. The summed E-state index contributed by atoms with van der Waals surface area (Å²) in [5.74, 6) is -11.4. The highest BCUT2D eigenvalue weighted by atomic mass is 32.3. The smallest absolute Gasteiger partial charge is 0.485 e. The number of rotatable bonds is 26. The lowest BCUT2D eigenvalue weighted by molar-refractivity contribution is -1.09. The van der Waals surface area contributed by atoms with Crippen molar-refractivity contribution in [2.45, 2.75) is 56.2 Å². The molecule has 2 aromatic heterocycles. The summed E-state index contributed by atoms with van der Waals surface area (Å²) in [7, 11) is -32.4. The van der Waals surface area contributed by atoms with Gasteiger partial charge in [-0.2, -0.15) is 72.7 Å². The Morgan fingerprint density at radius 1 is 0.430 bits per heavy atom. The highest BCUT2D eigenvalue weighted by molar-refractivity contribution is 7.92. The third kappa shape index (κ3) is 27.6. The van der Waals surface area contributed by atoms with Crippen LogP contribution in [0, 0.1) is 34.3 Å². The van der Waals surface area contributed by atoms with Crippen molar-refractivity contribution < 1.29 is 199 Å². The van der Waals surface area contributed by atoms with E-state index < -0.39 is 125 Å². The molecule has 12 aliphatic heterocycles. The average molecular weight is 1990 g/mol. The maximum atomic E-state index is 14.2. The minimum Gasteiger partial charge on any atom is -0.809 e. The molecule has 2 atom stereocenters. The number of piperazine rings is 12. The van der Waals surface area contributed by atoms with Gasteiger partial charge in [0.15, 0.2) is 20.2 Å². The number of ether oxygens (including phenoxy) is 2. The Kier molecular flexibility index (Phi) is 33.0. The zero-order valence-corrected chi connectivity index (χ0v) is 74.2. The van der Waals surface area contributed by atoms with E-state index in [9.17, 15) is 107 Å². The molecule has 4 aromatic carbocycles. The number of thiophene rings is 2. The summed E-state index contributed by atoms with van der Waals surface area (Å²) >= 11 is 1.83. The van der Waals surface area contributed by atoms with Gasteiger partial charge in [-0.05, 0) is 110 Å². The van der Waals surface area contributed by atoms with Crippen molar-refractivity contribution in [3.63, 3.8) is 0 Å². The number of carboxylic acids is 2. The molecule has 0 saturated carbocycles. The molecular formula is C72H88F14N12O22P2S6. The molecule has 2 unspecified atom stereocenters. The predicted molar refractivity (Wildman–Crippen MR) is 411 cm³/mol. The molecule has 56 heteroatoms. The number of carboxylic acid groups (broad SMARTS) is 2. The van der Waals surface area contributed by atoms with Gasteiger partial charge in [-0.15, -0.1) is 22.7 Å². The van der Waals surface area contributed by atoms with Gasteiger partial charge >= 0.3 is 23.4 Å². The van der Waals surface area contributed by atoms with Crippen LogP contribution in [0.15, 0.2) is 93.3 Å². The second kappa shape index (κ2) is 40.4. The van der Waals surface area contributed by atoms with Crippen LogP contribution in [0.25, 0.3) is 20.2 Å². The van der Waals surface area contributed by atoms with Gasteiger partial charge in [-0.3, -0.25) is 0 Å². The Morgan fingerprint density at radius 3 is 0.906 bits per heavy atom. The van der Waals surface area contributed by atoms with Crippen molar-refractivity contribution in [3.05, 3.63) is 119 Å². The Morgan fingerprint density at radius 2 is 0.680 bits per heavy atom. The van der Waals surface area contributed by atoms with E-state index in [2.05, 4.69) is 0 Å². The second-order valence-corrected chi connectivity index (χ2v) is 44.5. The number of hydrogen-bond donors (Lipinski definition) is 4. The van der Waals surface area contributed by atoms with Crippen molar-refractivity contribution in [1.82, 2.24) is 9.44 Å². The number of nitrogens with one attached hydrogen (secondary N) is 4. The zero-order chi connectivity index (χ0) is 95.1. The number of fused-ring (bicyclic) bond motifs is 14. The van der Waals surface area contributed by atoms with Crippen LogP contribution in [0.1, 0.15) is 46.7 Å². The predicted octanol–water partition coefficient (Wildman–Crippen LogP) is -1.38. The quantitative estimate of drug-likeness (QED) is 0.0160. The van der Waals surface area contributed by atoms with Crippen LogP contribution in [0.4, 0.5) is 61.5 Å². The zero-order valence-electron chi connectivity index (χ0n) is 67.5. The summed E-state index contributed by atoms with van der Waals surface area (Å²) in [5, 5.41) is 36.7. The number of sulfonamides is 2. The molecule has 0 aliphatic carbocycles. The van der Waals surface area contributed by atoms with Gasteiger partial charge in [-0.25, -0.2) is 42.5 Å². The topological polar surface area (TPSA) is 488 Å². The molecule has 14 heterocycles. The first kappa shape index (κ1) is 105. The molecule has 18 rings (SSSR count). The number of nitrogens with zero attached hydrogens (tertiary/aromatic N) is 8. The van der Waals surface area contributed by atoms with Crippen LogP contribution in [-0.2, 0) is 59.0 Å². The van der Waals surface area contributed by atoms with E-state index in [0.29, 0.717) is 57.0 Å². The van der Waals surface area contributed by atoms with Crippen molar-refractivity contribution >= 4 is 110 Å². The second-order valence-electron chi connectivity index (χ2n) is 32.6. The number of benzene rings is 4. The number of halogens is 14. The molecule has 0 amide bonds. The molecule has 4 N–H and O–H groups in total. The lowest BCUT2D eigenvalue weighted by Crippen LogP contribution is -3.19. The summed E-state index contributed by atoms with van der Waals surface area (Å²) < 4.78 is 311. The number of nitriles is 2. The first-order valence-corrected chi connectivity index (χ1v) is 49.8. The van der Waals surface area contributed by atoms with Crippen molar-refractivity contribution in [2.24, 2.45) is 0 Å². The van der Waals surface area contributed by atoms with Gasteiger partial charge < -0.3 is 104 Å². The van der Waals surface area contributed by atoms with Gasteiger partial charge in [0.25, 0.3) is 20.0 Å². The molecule has 128 heavy (non-hydrogen) atoms. The molecule has 34 nitrogen and oxygen atoms in total. The lowest BCUT2D eigenvalue weighted by Gasteiger charge is -2.56. The Bertz CT molecular complexity index is 5250. The van der Waals surface area contributed by atoms with Gasteiger partial charge in [0, 0.05) is 22.2 Å². The SMILES string of the molecule is N#Cc1ccc(C(NS(=O)(=O)c2cc3cc(OCC[N+]45CC[N+](CCC[N+]67CC[NH+](CC6)CC7)(CC4)CC5)ccc3s2)P(=O)([O-])[O-])cc1F.N#Cc1ccc(C(NS(=O)(=O)c2cc3cc(OCC[N+]45CC[N+](CCC[N+]67CC[NH+](CC6)CC7)(CC4)CC5)ccc3s2)P(=O)([O-])[O-])cc1F.O=C([O-])C(F)(F)F.O=C([O-])C(F)(F)F.O=S(=O)([O-])C(F)(F)F.O=S(=O)([O-])C(F)(F)F. The summed E-state index contributed by atoms with van der Waals surface area (Å²) in [6.45, 7) is 39.1. The maximum Gasteiger partial charge on any atom is 0.485 e. The van der Waals surface area contributed by atoms with E-state index in [1.165, 1.54) is 226 Å². The van der Waals surface area contributed by atoms with E-state index in [4.69, 9.17) is 65.7 Å². The number of carbonyl (C=O) groups excluding carboxylic acids is 2. The monoisotopic (exact) mass is 1990 g/mol. The fourth-order valence-electron chi connectivity index (χ4n) is 17.0. The number of alkyl halides is 12. The molecule has 0 spiro atoms. The van der Waals surface area contributed by atoms with Crippen molar-refractivity contribution in [3.8, 4) is 23.6 Å². The van der Waals surface area contributed by atoms with Gasteiger partial charge in [0.1, 0.15) is 239 Å². The van der Waals surface area contributed by atoms with E-state index in [1.807, 2.05) is 19.2 Å². The summed E-state index contributed by atoms with van der Waals surface area (Å²) in [6, 6.07) is 22.0. The molecule has 0 radical (unpaired) electrons. The number of carbonyl (C=O) groups is 2. The van der Waals surface area contributed by atoms with E-state index >= 15 is 0 Å². The summed E-state index contributed by atoms with van der Waals surface area (Å²) in [6.07, 6.45) is -7.73. The average Bonchev–Trinajstić information content (AvgIpc) is 0.957. The van der Waals surface area contributed by atoms with E-state index in [1.54, 1.807) is 48.5 Å². The third-order valence-electron chi connectivity index (χ3n) is 24.6. The number of hydrogen-bond acceptors (Lipinski definition) is 26. The van der Waals surface area contributed by atoms with Crippen LogP contribution in [-0.4, -0.2) is 315 Å². The number of aliphatic carboxylic acids is 2. The lowest BCUT2D eigenvalue weighted by atomic mass is 10.1. The van der Waals surface area contributed by atoms with Crippen molar-refractivity contribution in [1.29, 1.82) is 10.5 Å². The van der Waals surface area contributed by atoms with E-state index in [-0.39, 0.29) is 19.5 Å². The Balaban J connectivity index is 0.000000219. The molecule has 12 fully saturated rings. The highest BCUT2D eigenvalue weighted by Crippen LogP contribution is 2.47. The maximum absolute atomic E-state index is 14.2. The van der Waals surface area contributed by atoms with E-state index in [0.717, 1.165) is 69.0 Å². The van der Waals surface area contributed by atoms with Gasteiger partial charge in [0.2, 0.25) is 0 Å².